The molecule has 2 aromatic heterocycles. The molecule has 0 saturated heterocycles. The quantitative estimate of drug-likeness (QED) is 0.688. The van der Waals surface area contributed by atoms with Gasteiger partial charge in [0.15, 0.2) is 0 Å². The van der Waals surface area contributed by atoms with Gasteiger partial charge in [-0.2, -0.15) is 0 Å². The fourth-order valence-electron chi connectivity index (χ4n) is 3.94. The Morgan fingerprint density at radius 2 is 1.89 bits per heavy atom. The van der Waals surface area contributed by atoms with Gasteiger partial charge in [0.25, 0.3) is 5.91 Å². The van der Waals surface area contributed by atoms with Crippen molar-refractivity contribution in [2.24, 2.45) is 0 Å². The summed E-state index contributed by atoms with van der Waals surface area (Å²) in [5, 5.41) is 0.911. The molecule has 0 bridgehead atoms. The van der Waals surface area contributed by atoms with Crippen molar-refractivity contribution in [1.82, 2.24) is 19.9 Å². The molecule has 3 heterocycles. The lowest BCUT2D eigenvalue weighted by Gasteiger charge is -2.31. The zero-order chi connectivity index (χ0) is 20.0. The Labute approximate surface area is 165 Å². The van der Waals surface area contributed by atoms with Gasteiger partial charge in [-0.05, 0) is 38.8 Å². The molecule has 0 saturated carbocycles. The van der Waals surface area contributed by atoms with E-state index in [1.807, 2.05) is 68.9 Å². The number of para-hydroxylation sites is 1. The first-order valence-corrected chi connectivity index (χ1v) is 9.55. The molecule has 6 heteroatoms. The minimum Gasteiger partial charge on any atom is -0.362 e. The normalized spacial score (nSPS) is 13.5. The van der Waals surface area contributed by atoms with Crippen LogP contribution in [0.5, 0.6) is 0 Å². The number of rotatable bonds is 2. The molecule has 1 aliphatic rings. The number of carbonyl (C=O) groups is 1. The van der Waals surface area contributed by atoms with Crippen LogP contribution in [0.2, 0.25) is 0 Å². The maximum absolute atomic E-state index is 13.4. The number of aromatic nitrogens is 3. The highest BCUT2D eigenvalue weighted by atomic mass is 16.2. The molecule has 144 valence electrons. The highest BCUT2D eigenvalue weighted by molar-refractivity contribution is 6.06. The summed E-state index contributed by atoms with van der Waals surface area (Å²) in [6, 6.07) is 7.89. The summed E-state index contributed by atoms with van der Waals surface area (Å²) in [6.07, 6.45) is 0.760. The molecule has 0 unspecified atom stereocenters. The van der Waals surface area contributed by atoms with E-state index < -0.39 is 0 Å². The highest BCUT2D eigenvalue weighted by Gasteiger charge is 2.27. The van der Waals surface area contributed by atoms with Gasteiger partial charge in [0.2, 0.25) is 0 Å². The van der Waals surface area contributed by atoms with Crippen LogP contribution in [-0.4, -0.2) is 46.4 Å². The van der Waals surface area contributed by atoms with Gasteiger partial charge in [-0.25, -0.2) is 9.97 Å². The van der Waals surface area contributed by atoms with Crippen molar-refractivity contribution in [3.8, 4) is 0 Å². The second-order valence-electron chi connectivity index (χ2n) is 7.67. The van der Waals surface area contributed by atoms with E-state index >= 15 is 0 Å². The molecular formula is C22H25N5O. The van der Waals surface area contributed by atoms with Crippen molar-refractivity contribution in [2.75, 3.05) is 25.5 Å². The van der Waals surface area contributed by atoms with Crippen LogP contribution < -0.4 is 4.90 Å². The lowest BCUT2D eigenvalue weighted by Crippen LogP contribution is -2.37. The summed E-state index contributed by atoms with van der Waals surface area (Å²) in [7, 11) is 3.99. The summed E-state index contributed by atoms with van der Waals surface area (Å²) in [6.45, 7) is 7.04. The topological polar surface area (TPSA) is 62.2 Å². The third-order valence-corrected chi connectivity index (χ3v) is 5.27. The number of hydrogen-bond donors (Lipinski definition) is 0. The van der Waals surface area contributed by atoms with E-state index in [-0.39, 0.29) is 5.91 Å². The van der Waals surface area contributed by atoms with Crippen molar-refractivity contribution >= 4 is 22.6 Å². The summed E-state index contributed by atoms with van der Waals surface area (Å²) in [5.41, 5.74) is 5.65. The lowest BCUT2D eigenvalue weighted by atomic mass is 10.0. The molecule has 28 heavy (non-hydrogen) atoms. The fraction of sp³-hybridized carbons (Fsp3) is 0.364. The molecule has 1 aliphatic heterocycles. The molecule has 0 fully saturated rings. The lowest BCUT2D eigenvalue weighted by molar-refractivity contribution is 0.0733. The average Bonchev–Trinajstić information content (AvgIpc) is 2.66. The number of fused-ring (bicyclic) bond motifs is 2. The second-order valence-corrected chi connectivity index (χ2v) is 7.67. The first-order valence-electron chi connectivity index (χ1n) is 9.55. The van der Waals surface area contributed by atoms with E-state index in [4.69, 9.17) is 0 Å². The molecule has 0 spiro atoms. The van der Waals surface area contributed by atoms with Crippen LogP contribution in [0, 0.1) is 20.8 Å². The monoisotopic (exact) mass is 375 g/mol. The van der Waals surface area contributed by atoms with E-state index in [9.17, 15) is 4.79 Å². The van der Waals surface area contributed by atoms with Crippen molar-refractivity contribution in [2.45, 2.75) is 33.7 Å². The van der Waals surface area contributed by atoms with Crippen LogP contribution in [0.25, 0.3) is 10.9 Å². The summed E-state index contributed by atoms with van der Waals surface area (Å²) < 4.78 is 0. The second kappa shape index (κ2) is 6.86. The number of carbonyl (C=O) groups excluding carboxylic acids is 1. The molecule has 0 atom stereocenters. The number of nitrogens with zero attached hydrogens (tertiary/aromatic N) is 5. The van der Waals surface area contributed by atoms with Crippen LogP contribution >= 0.6 is 0 Å². The highest BCUT2D eigenvalue weighted by Crippen LogP contribution is 2.28. The largest absolute Gasteiger partial charge is 0.362 e. The minimum absolute atomic E-state index is 0.0365. The molecule has 4 rings (SSSR count). The van der Waals surface area contributed by atoms with Gasteiger partial charge < -0.3 is 9.80 Å². The maximum Gasteiger partial charge on any atom is 0.254 e. The predicted octanol–water partition coefficient (Wildman–Crippen LogP) is 3.21. The third kappa shape index (κ3) is 3.09. The van der Waals surface area contributed by atoms with E-state index in [0.717, 1.165) is 51.5 Å². The smallest absolute Gasteiger partial charge is 0.254 e. The number of pyridine rings is 1. The van der Waals surface area contributed by atoms with Crippen LogP contribution in [0.15, 0.2) is 24.3 Å². The van der Waals surface area contributed by atoms with Gasteiger partial charge in [-0.15, -0.1) is 0 Å². The number of amides is 1. The molecule has 6 nitrogen and oxygen atoms in total. The maximum atomic E-state index is 13.4. The van der Waals surface area contributed by atoms with Crippen molar-refractivity contribution in [3.63, 3.8) is 0 Å². The molecule has 0 aliphatic carbocycles. The van der Waals surface area contributed by atoms with Gasteiger partial charge in [-0.3, -0.25) is 9.78 Å². The van der Waals surface area contributed by atoms with Crippen molar-refractivity contribution in [1.29, 1.82) is 0 Å². The number of benzene rings is 1. The van der Waals surface area contributed by atoms with Crippen LogP contribution in [-0.2, 0) is 13.0 Å². The van der Waals surface area contributed by atoms with Crippen LogP contribution in [0.3, 0.4) is 0 Å². The van der Waals surface area contributed by atoms with Gasteiger partial charge in [0, 0.05) is 37.3 Å². The fourth-order valence-corrected chi connectivity index (χ4v) is 3.94. The predicted molar refractivity (Wildman–Crippen MR) is 111 cm³/mol. The van der Waals surface area contributed by atoms with E-state index in [0.29, 0.717) is 18.7 Å². The molecule has 1 aromatic carbocycles. The van der Waals surface area contributed by atoms with E-state index in [2.05, 4.69) is 15.0 Å². The summed E-state index contributed by atoms with van der Waals surface area (Å²) >= 11 is 0. The van der Waals surface area contributed by atoms with Crippen LogP contribution in [0.1, 0.15) is 38.7 Å². The number of aryl methyl sites for hydroxylation is 3. The van der Waals surface area contributed by atoms with E-state index in [1.165, 1.54) is 0 Å². The van der Waals surface area contributed by atoms with E-state index in [1.54, 1.807) is 0 Å². The molecule has 0 radical (unpaired) electrons. The molecular weight excluding hydrogens is 350 g/mol. The minimum atomic E-state index is 0.0365. The Hall–Kier alpha value is -3.02. The molecule has 0 N–H and O–H groups in total. The Kier molecular flexibility index (Phi) is 4.49. The Bertz CT molecular complexity index is 1090. The Morgan fingerprint density at radius 3 is 2.64 bits per heavy atom. The summed E-state index contributed by atoms with van der Waals surface area (Å²) in [4.78, 5) is 31.2. The zero-order valence-corrected chi connectivity index (χ0v) is 17.1. The molecule has 1 amide bonds. The SMILES string of the molecule is Cc1cc(C(=O)N2CCc3c(nc(C)nc3N(C)C)C2)c2cccc(C)c2n1. The van der Waals surface area contributed by atoms with Gasteiger partial charge >= 0.3 is 0 Å². The van der Waals surface area contributed by atoms with Crippen molar-refractivity contribution in [3.05, 3.63) is 58.2 Å². The first-order chi connectivity index (χ1) is 13.3. The Morgan fingerprint density at radius 1 is 1.11 bits per heavy atom. The third-order valence-electron chi connectivity index (χ3n) is 5.27. The number of hydrogen-bond acceptors (Lipinski definition) is 5. The first kappa shape index (κ1) is 18.3. The van der Waals surface area contributed by atoms with Crippen molar-refractivity contribution < 1.29 is 4.79 Å². The van der Waals surface area contributed by atoms with Crippen LogP contribution in [0.4, 0.5) is 5.82 Å². The zero-order valence-electron chi connectivity index (χ0n) is 17.1. The van der Waals surface area contributed by atoms with Gasteiger partial charge in [0.1, 0.15) is 11.6 Å². The average molecular weight is 375 g/mol. The molecule has 3 aromatic rings. The van der Waals surface area contributed by atoms with Gasteiger partial charge in [-0.1, -0.05) is 18.2 Å². The summed E-state index contributed by atoms with van der Waals surface area (Å²) in [5.74, 6) is 1.72. The standard InChI is InChI=1S/C22H25N5O/c1-13-7-6-8-16-18(11-14(2)23-20(13)16)22(28)27-10-9-17-19(12-27)24-15(3)25-21(17)26(4)5/h6-8,11H,9-10,12H2,1-5H3. The number of anilines is 1. The Balaban J connectivity index is 1.74. The van der Waals surface area contributed by atoms with Gasteiger partial charge in [0.05, 0.1) is 23.3 Å².